The van der Waals surface area contributed by atoms with Gasteiger partial charge in [-0.2, -0.15) is 0 Å². The third-order valence-corrected chi connectivity index (χ3v) is 4.50. The molecule has 0 aliphatic heterocycles. The zero-order valence-electron chi connectivity index (χ0n) is 13.9. The molecule has 0 bridgehead atoms. The van der Waals surface area contributed by atoms with Crippen LogP contribution in [0.15, 0.2) is 29.3 Å². The first-order valence-corrected chi connectivity index (χ1v) is 8.30. The van der Waals surface area contributed by atoms with E-state index in [4.69, 9.17) is 4.74 Å². The zero-order chi connectivity index (χ0) is 16.9. The van der Waals surface area contributed by atoms with Crippen LogP contribution in [0.5, 0.6) is 5.75 Å². The lowest BCUT2D eigenvalue weighted by Gasteiger charge is -2.32. The third kappa shape index (κ3) is 4.20. The number of ether oxygens (including phenoxy) is 1. The minimum absolute atomic E-state index is 0.0502. The topological polar surface area (TPSA) is 46.5 Å². The van der Waals surface area contributed by atoms with Crippen LogP contribution in [0.25, 0.3) is 0 Å². The standard InChI is InChI=1S/C19H25FO3/c1-3-11-19(2,22)16-8-5-4-7-14(16)13-23-18-10-6-9-17(20)15(18)12-21/h6,9-10,12,22H,3-5,7-8,11,13H2,1-2H3. The van der Waals surface area contributed by atoms with E-state index in [-0.39, 0.29) is 11.3 Å². The second kappa shape index (κ2) is 7.73. The minimum atomic E-state index is -0.816. The van der Waals surface area contributed by atoms with Crippen LogP contribution in [0.4, 0.5) is 4.39 Å². The molecule has 0 aromatic heterocycles. The van der Waals surface area contributed by atoms with Crippen molar-refractivity contribution in [1.82, 2.24) is 0 Å². The molecule has 0 amide bonds. The van der Waals surface area contributed by atoms with E-state index in [0.29, 0.717) is 19.3 Å². The second-order valence-electron chi connectivity index (χ2n) is 6.37. The Morgan fingerprint density at radius 2 is 2.09 bits per heavy atom. The molecule has 0 heterocycles. The largest absolute Gasteiger partial charge is 0.488 e. The molecule has 0 radical (unpaired) electrons. The van der Waals surface area contributed by atoms with Gasteiger partial charge in [-0.15, -0.1) is 0 Å². The van der Waals surface area contributed by atoms with Gasteiger partial charge in [0.25, 0.3) is 0 Å². The Morgan fingerprint density at radius 1 is 1.35 bits per heavy atom. The fraction of sp³-hybridized carbons (Fsp3) is 0.526. The van der Waals surface area contributed by atoms with Gasteiger partial charge < -0.3 is 9.84 Å². The molecule has 0 fully saturated rings. The minimum Gasteiger partial charge on any atom is -0.488 e. The van der Waals surface area contributed by atoms with Gasteiger partial charge in [0.1, 0.15) is 18.2 Å². The lowest BCUT2D eigenvalue weighted by Crippen LogP contribution is -2.30. The molecule has 23 heavy (non-hydrogen) atoms. The van der Waals surface area contributed by atoms with Crippen molar-refractivity contribution in [3.05, 3.63) is 40.7 Å². The molecule has 1 aliphatic carbocycles. The predicted octanol–water partition coefficient (Wildman–Crippen LogP) is 4.44. The molecule has 1 N–H and O–H groups in total. The number of aldehydes is 1. The van der Waals surface area contributed by atoms with E-state index in [1.807, 2.05) is 6.92 Å². The predicted molar refractivity (Wildman–Crippen MR) is 88.3 cm³/mol. The number of halogens is 1. The Hall–Kier alpha value is -1.68. The molecule has 2 rings (SSSR count). The van der Waals surface area contributed by atoms with E-state index in [1.54, 1.807) is 6.07 Å². The summed E-state index contributed by atoms with van der Waals surface area (Å²) in [5.41, 5.74) is 1.26. The van der Waals surface area contributed by atoms with Crippen molar-refractivity contribution in [2.45, 2.75) is 58.0 Å². The summed E-state index contributed by atoms with van der Waals surface area (Å²) in [7, 11) is 0. The summed E-state index contributed by atoms with van der Waals surface area (Å²) in [6, 6.07) is 4.37. The van der Waals surface area contributed by atoms with Crippen molar-refractivity contribution in [3.63, 3.8) is 0 Å². The summed E-state index contributed by atoms with van der Waals surface area (Å²) in [4.78, 5) is 11.0. The Balaban J connectivity index is 2.21. The maximum Gasteiger partial charge on any atom is 0.156 e. The number of carbonyl (C=O) groups excluding carboxylic acids is 1. The Bertz CT molecular complexity index is 590. The van der Waals surface area contributed by atoms with Crippen molar-refractivity contribution in [2.24, 2.45) is 0 Å². The van der Waals surface area contributed by atoms with E-state index in [2.05, 4.69) is 6.92 Å². The number of benzene rings is 1. The molecule has 0 spiro atoms. The fourth-order valence-corrected chi connectivity index (χ4v) is 3.34. The SMILES string of the molecule is CCCC(C)(O)C1=C(COc2cccc(F)c2C=O)CCCC1. The molecule has 1 atom stereocenters. The van der Waals surface area contributed by atoms with Gasteiger partial charge in [-0.25, -0.2) is 4.39 Å². The molecule has 1 aliphatic rings. The molecule has 1 unspecified atom stereocenters. The highest BCUT2D eigenvalue weighted by molar-refractivity contribution is 5.79. The summed E-state index contributed by atoms with van der Waals surface area (Å²) in [6.45, 7) is 4.20. The van der Waals surface area contributed by atoms with Gasteiger partial charge in [0.15, 0.2) is 6.29 Å². The van der Waals surface area contributed by atoms with E-state index < -0.39 is 11.4 Å². The lowest BCUT2D eigenvalue weighted by molar-refractivity contribution is 0.0800. The number of rotatable bonds is 7. The monoisotopic (exact) mass is 320 g/mol. The molecular formula is C19H25FO3. The summed E-state index contributed by atoms with van der Waals surface area (Å²) in [6.07, 6.45) is 5.98. The van der Waals surface area contributed by atoms with Crippen molar-refractivity contribution in [2.75, 3.05) is 6.61 Å². The second-order valence-corrected chi connectivity index (χ2v) is 6.37. The molecule has 0 saturated heterocycles. The van der Waals surface area contributed by atoms with Gasteiger partial charge in [-0.3, -0.25) is 4.79 Å². The smallest absolute Gasteiger partial charge is 0.156 e. The number of carbonyl (C=O) groups is 1. The molecule has 1 aromatic carbocycles. The van der Waals surface area contributed by atoms with E-state index in [1.165, 1.54) is 12.1 Å². The first-order chi connectivity index (χ1) is 11.0. The van der Waals surface area contributed by atoms with Gasteiger partial charge in [0.2, 0.25) is 0 Å². The van der Waals surface area contributed by atoms with Crippen LogP contribution in [-0.2, 0) is 0 Å². The van der Waals surface area contributed by atoms with E-state index in [0.717, 1.165) is 43.3 Å². The average molecular weight is 320 g/mol. The summed E-state index contributed by atoms with van der Waals surface area (Å²) >= 11 is 0. The quantitative estimate of drug-likeness (QED) is 0.597. The van der Waals surface area contributed by atoms with Crippen LogP contribution in [0, 0.1) is 5.82 Å². The fourth-order valence-electron chi connectivity index (χ4n) is 3.34. The van der Waals surface area contributed by atoms with Crippen LogP contribution < -0.4 is 4.74 Å². The average Bonchev–Trinajstić information content (AvgIpc) is 2.53. The van der Waals surface area contributed by atoms with Crippen LogP contribution >= 0.6 is 0 Å². The molecule has 1 aromatic rings. The number of hydrogen-bond acceptors (Lipinski definition) is 3. The summed E-state index contributed by atoms with van der Waals surface area (Å²) in [5, 5.41) is 10.7. The first-order valence-electron chi connectivity index (χ1n) is 8.30. The Labute approximate surface area is 137 Å². The highest BCUT2D eigenvalue weighted by atomic mass is 19.1. The van der Waals surface area contributed by atoms with Gasteiger partial charge in [-0.1, -0.05) is 19.4 Å². The van der Waals surface area contributed by atoms with Crippen LogP contribution in [-0.4, -0.2) is 23.6 Å². The third-order valence-electron chi connectivity index (χ3n) is 4.50. The van der Waals surface area contributed by atoms with E-state index >= 15 is 0 Å². The number of hydrogen-bond donors (Lipinski definition) is 1. The Morgan fingerprint density at radius 3 is 2.78 bits per heavy atom. The first kappa shape index (κ1) is 17.7. The molecule has 4 heteroatoms. The maximum absolute atomic E-state index is 13.6. The summed E-state index contributed by atoms with van der Waals surface area (Å²) < 4.78 is 19.3. The van der Waals surface area contributed by atoms with Crippen LogP contribution in [0.1, 0.15) is 62.7 Å². The molecule has 0 saturated carbocycles. The van der Waals surface area contributed by atoms with Gasteiger partial charge in [0, 0.05) is 0 Å². The zero-order valence-corrected chi connectivity index (χ0v) is 13.9. The van der Waals surface area contributed by atoms with Gasteiger partial charge in [0.05, 0.1) is 11.2 Å². The molecule has 3 nitrogen and oxygen atoms in total. The molecule has 126 valence electrons. The highest BCUT2D eigenvalue weighted by Crippen LogP contribution is 2.35. The van der Waals surface area contributed by atoms with Crippen LogP contribution in [0.2, 0.25) is 0 Å². The Kier molecular flexibility index (Phi) is 5.94. The van der Waals surface area contributed by atoms with Crippen molar-refractivity contribution in [3.8, 4) is 5.75 Å². The highest BCUT2D eigenvalue weighted by Gasteiger charge is 2.29. The van der Waals surface area contributed by atoms with Gasteiger partial charge in [-0.05, 0) is 62.3 Å². The lowest BCUT2D eigenvalue weighted by atomic mass is 9.80. The molecular weight excluding hydrogens is 295 g/mol. The van der Waals surface area contributed by atoms with Crippen molar-refractivity contribution < 1.29 is 19.0 Å². The van der Waals surface area contributed by atoms with Gasteiger partial charge >= 0.3 is 0 Å². The van der Waals surface area contributed by atoms with Crippen molar-refractivity contribution >= 4 is 6.29 Å². The normalized spacial score (nSPS) is 17.7. The summed E-state index contributed by atoms with van der Waals surface area (Å²) in [5.74, 6) is -0.319. The number of aliphatic hydroxyl groups is 1. The van der Waals surface area contributed by atoms with Crippen LogP contribution in [0.3, 0.4) is 0 Å². The maximum atomic E-state index is 13.6. The van der Waals surface area contributed by atoms with Crippen molar-refractivity contribution in [1.29, 1.82) is 0 Å². The van der Waals surface area contributed by atoms with E-state index in [9.17, 15) is 14.3 Å².